The number of ether oxygens (including phenoxy) is 2. The Labute approximate surface area is 152 Å². The molecule has 0 unspecified atom stereocenters. The summed E-state index contributed by atoms with van der Waals surface area (Å²) < 4.78 is 10.8. The molecule has 1 aromatic carbocycles. The summed E-state index contributed by atoms with van der Waals surface area (Å²) in [5.41, 5.74) is 2.83. The van der Waals surface area contributed by atoms with E-state index >= 15 is 0 Å². The monoisotopic (exact) mass is 347 g/mol. The smallest absolute Gasteiger partial charge is 0.191 e. The molecule has 1 aliphatic rings. The minimum Gasteiger partial charge on any atom is -0.385 e. The fraction of sp³-hybridized carbons (Fsp3) is 0.650. The first-order valence-electron chi connectivity index (χ1n) is 9.37. The first-order valence-corrected chi connectivity index (χ1v) is 9.37. The van der Waals surface area contributed by atoms with Crippen LogP contribution in [0.4, 0.5) is 0 Å². The topological polar surface area (TPSA) is 54.9 Å². The molecule has 1 fully saturated rings. The zero-order valence-corrected chi connectivity index (χ0v) is 15.9. The molecule has 2 N–H and O–H groups in total. The van der Waals surface area contributed by atoms with Crippen LogP contribution < -0.4 is 10.6 Å². The van der Waals surface area contributed by atoms with E-state index < -0.39 is 0 Å². The van der Waals surface area contributed by atoms with Crippen LogP contribution in [0.5, 0.6) is 0 Å². The van der Waals surface area contributed by atoms with Crippen LogP contribution in [0.3, 0.4) is 0 Å². The Morgan fingerprint density at radius 1 is 1.24 bits per heavy atom. The Bertz CT molecular complexity index is 539. The Morgan fingerprint density at radius 3 is 2.68 bits per heavy atom. The van der Waals surface area contributed by atoms with Gasteiger partial charge in [0.15, 0.2) is 5.96 Å². The molecular weight excluding hydrogens is 314 g/mol. The molecule has 0 spiro atoms. The minimum atomic E-state index is 0.0679. The van der Waals surface area contributed by atoms with Crippen molar-refractivity contribution in [1.29, 1.82) is 0 Å². The van der Waals surface area contributed by atoms with Gasteiger partial charge >= 0.3 is 0 Å². The van der Waals surface area contributed by atoms with Gasteiger partial charge in [-0.15, -0.1) is 0 Å². The highest BCUT2D eigenvalue weighted by Crippen LogP contribution is 2.36. The van der Waals surface area contributed by atoms with Crippen molar-refractivity contribution < 1.29 is 9.47 Å². The highest BCUT2D eigenvalue weighted by molar-refractivity contribution is 5.79. The second kappa shape index (κ2) is 10.4. The number of aliphatic imine (C=N–C) groups is 1. The van der Waals surface area contributed by atoms with E-state index in [9.17, 15) is 0 Å². The molecule has 0 amide bonds. The molecule has 0 bridgehead atoms. The SMILES string of the molecule is CCNC(=NCC1(c2ccccc2C)CCOCC1)NCCCOC. The number of methoxy groups -OCH3 is 1. The Morgan fingerprint density at radius 2 is 2.00 bits per heavy atom. The normalized spacial score (nSPS) is 17.3. The molecule has 0 aliphatic carbocycles. The molecule has 1 heterocycles. The van der Waals surface area contributed by atoms with Gasteiger partial charge in [0.1, 0.15) is 0 Å². The van der Waals surface area contributed by atoms with Crippen molar-refractivity contribution in [3.63, 3.8) is 0 Å². The van der Waals surface area contributed by atoms with Gasteiger partial charge in [0.2, 0.25) is 0 Å². The van der Waals surface area contributed by atoms with Gasteiger partial charge in [-0.05, 0) is 44.2 Å². The highest BCUT2D eigenvalue weighted by atomic mass is 16.5. The van der Waals surface area contributed by atoms with Crippen molar-refractivity contribution in [3.8, 4) is 0 Å². The van der Waals surface area contributed by atoms with E-state index in [4.69, 9.17) is 14.5 Å². The van der Waals surface area contributed by atoms with Gasteiger partial charge in [-0.2, -0.15) is 0 Å². The molecule has 5 nitrogen and oxygen atoms in total. The lowest BCUT2D eigenvalue weighted by Gasteiger charge is -2.37. The van der Waals surface area contributed by atoms with Gasteiger partial charge in [-0.3, -0.25) is 4.99 Å². The van der Waals surface area contributed by atoms with E-state index in [1.807, 2.05) is 0 Å². The Kier molecular flexibility index (Phi) is 8.22. The first-order chi connectivity index (χ1) is 12.2. The summed E-state index contributed by atoms with van der Waals surface area (Å²) in [4.78, 5) is 4.92. The van der Waals surface area contributed by atoms with Crippen molar-refractivity contribution in [2.45, 2.75) is 38.5 Å². The number of rotatable bonds is 8. The van der Waals surface area contributed by atoms with Crippen molar-refractivity contribution in [3.05, 3.63) is 35.4 Å². The molecule has 0 aromatic heterocycles. The van der Waals surface area contributed by atoms with E-state index in [1.165, 1.54) is 11.1 Å². The summed E-state index contributed by atoms with van der Waals surface area (Å²) in [7, 11) is 1.73. The minimum absolute atomic E-state index is 0.0679. The van der Waals surface area contributed by atoms with Gasteiger partial charge in [-0.25, -0.2) is 0 Å². The van der Waals surface area contributed by atoms with E-state index in [0.29, 0.717) is 0 Å². The Hall–Kier alpha value is -1.59. The van der Waals surface area contributed by atoms with Crippen LogP contribution in [0, 0.1) is 6.92 Å². The average Bonchev–Trinajstić information content (AvgIpc) is 2.64. The number of nitrogens with one attached hydrogen (secondary N) is 2. The molecule has 1 aliphatic heterocycles. The van der Waals surface area contributed by atoms with Crippen molar-refractivity contribution in [2.24, 2.45) is 4.99 Å². The van der Waals surface area contributed by atoms with Gasteiger partial charge in [-0.1, -0.05) is 24.3 Å². The Balaban J connectivity index is 2.13. The largest absolute Gasteiger partial charge is 0.385 e. The van der Waals surface area contributed by atoms with Crippen LogP contribution >= 0.6 is 0 Å². The van der Waals surface area contributed by atoms with Crippen LogP contribution in [-0.2, 0) is 14.9 Å². The summed E-state index contributed by atoms with van der Waals surface area (Å²) in [6.07, 6.45) is 3.01. The van der Waals surface area contributed by atoms with E-state index in [2.05, 4.69) is 48.7 Å². The lowest BCUT2D eigenvalue weighted by Crippen LogP contribution is -2.42. The maximum atomic E-state index is 5.64. The molecule has 2 rings (SSSR count). The number of aryl methyl sites for hydroxylation is 1. The first kappa shape index (κ1) is 19.7. The number of benzene rings is 1. The van der Waals surface area contributed by atoms with Crippen LogP contribution in [-0.4, -0.2) is 52.5 Å². The predicted molar refractivity (Wildman–Crippen MR) is 103 cm³/mol. The van der Waals surface area contributed by atoms with Crippen LogP contribution in [0.25, 0.3) is 0 Å². The quantitative estimate of drug-likeness (QED) is 0.431. The zero-order valence-electron chi connectivity index (χ0n) is 15.9. The van der Waals surface area contributed by atoms with E-state index in [1.54, 1.807) is 7.11 Å². The predicted octanol–water partition coefficient (Wildman–Crippen LogP) is 2.63. The van der Waals surface area contributed by atoms with Gasteiger partial charge in [0.25, 0.3) is 0 Å². The fourth-order valence-electron chi connectivity index (χ4n) is 3.44. The number of hydrogen-bond donors (Lipinski definition) is 2. The molecule has 140 valence electrons. The van der Waals surface area contributed by atoms with Crippen LogP contribution in [0.2, 0.25) is 0 Å². The maximum absolute atomic E-state index is 5.64. The van der Waals surface area contributed by atoms with Crippen LogP contribution in [0.1, 0.15) is 37.3 Å². The number of nitrogens with zero attached hydrogens (tertiary/aromatic N) is 1. The summed E-state index contributed by atoms with van der Waals surface area (Å²) in [6, 6.07) is 8.70. The maximum Gasteiger partial charge on any atom is 0.191 e. The van der Waals surface area contributed by atoms with Gasteiger partial charge in [0.05, 0.1) is 6.54 Å². The molecule has 0 saturated carbocycles. The fourth-order valence-corrected chi connectivity index (χ4v) is 3.44. The molecule has 5 heteroatoms. The van der Waals surface area contributed by atoms with Crippen LogP contribution in [0.15, 0.2) is 29.3 Å². The number of hydrogen-bond acceptors (Lipinski definition) is 3. The van der Waals surface area contributed by atoms with Crippen molar-refractivity contribution in [1.82, 2.24) is 10.6 Å². The summed E-state index contributed by atoms with van der Waals surface area (Å²) in [5.74, 6) is 0.887. The third-order valence-corrected chi connectivity index (χ3v) is 4.87. The second-order valence-corrected chi connectivity index (χ2v) is 6.68. The second-order valence-electron chi connectivity index (χ2n) is 6.68. The third kappa shape index (κ3) is 5.72. The summed E-state index contributed by atoms with van der Waals surface area (Å²) in [5, 5.41) is 6.76. The van der Waals surface area contributed by atoms with E-state index in [-0.39, 0.29) is 5.41 Å². The summed E-state index contributed by atoms with van der Waals surface area (Å²) in [6.45, 7) is 9.17. The molecule has 25 heavy (non-hydrogen) atoms. The molecule has 1 saturated heterocycles. The standard InChI is InChI=1S/C20H33N3O2/c1-4-21-19(22-12-7-13-24-3)23-16-20(10-14-25-15-11-20)18-9-6-5-8-17(18)2/h5-6,8-9H,4,7,10-16H2,1-3H3,(H2,21,22,23). The zero-order chi connectivity index (χ0) is 18.0. The van der Waals surface area contributed by atoms with Gasteiger partial charge in [0, 0.05) is 45.4 Å². The third-order valence-electron chi connectivity index (χ3n) is 4.87. The average molecular weight is 348 g/mol. The lowest BCUT2D eigenvalue weighted by atomic mass is 9.72. The highest BCUT2D eigenvalue weighted by Gasteiger charge is 2.35. The van der Waals surface area contributed by atoms with Crippen molar-refractivity contribution in [2.75, 3.05) is 46.6 Å². The molecule has 0 radical (unpaired) electrons. The lowest BCUT2D eigenvalue weighted by molar-refractivity contribution is 0.0529. The number of guanidine groups is 1. The molecular formula is C20H33N3O2. The molecule has 0 atom stereocenters. The summed E-state index contributed by atoms with van der Waals surface area (Å²) >= 11 is 0. The molecule has 1 aromatic rings. The van der Waals surface area contributed by atoms with Crippen molar-refractivity contribution >= 4 is 5.96 Å². The van der Waals surface area contributed by atoms with Gasteiger partial charge < -0.3 is 20.1 Å². The van der Waals surface area contributed by atoms with E-state index in [0.717, 1.165) is 64.7 Å².